The van der Waals surface area contributed by atoms with Gasteiger partial charge in [0.2, 0.25) is 0 Å². The quantitative estimate of drug-likeness (QED) is 0.948. The predicted molar refractivity (Wildman–Crippen MR) is 75.4 cm³/mol. The number of pyridine rings is 1. The number of nitrogens with two attached hydrogens (primary N) is 1. The summed E-state index contributed by atoms with van der Waals surface area (Å²) in [5.41, 5.74) is 9.09. The molecule has 2 rings (SSSR count). The highest BCUT2D eigenvalue weighted by Crippen LogP contribution is 2.26. The fraction of sp³-hybridized carbons (Fsp3) is 0.385. The summed E-state index contributed by atoms with van der Waals surface area (Å²) in [6.07, 6.45) is 1.78. The Hall–Kier alpha value is -1.20. The second kappa shape index (κ2) is 5.20. The molecule has 0 radical (unpaired) electrons. The van der Waals surface area contributed by atoms with Crippen molar-refractivity contribution in [1.29, 1.82) is 0 Å². The molecule has 5 heteroatoms. The fourth-order valence-corrected chi connectivity index (χ4v) is 2.34. The van der Waals surface area contributed by atoms with E-state index < -0.39 is 0 Å². The van der Waals surface area contributed by atoms with E-state index in [2.05, 4.69) is 26.0 Å². The van der Waals surface area contributed by atoms with Crippen LogP contribution in [0.3, 0.4) is 0 Å². The molecule has 0 amide bonds. The van der Waals surface area contributed by atoms with Gasteiger partial charge < -0.3 is 5.73 Å². The second-order valence-electron chi connectivity index (χ2n) is 4.49. The first-order valence-electron chi connectivity index (χ1n) is 5.90. The van der Waals surface area contributed by atoms with E-state index in [0.717, 1.165) is 21.6 Å². The molecule has 0 saturated heterocycles. The van der Waals surface area contributed by atoms with Crippen LogP contribution in [0.15, 0.2) is 28.9 Å². The number of hydrogen-bond acceptors (Lipinski definition) is 3. The lowest BCUT2D eigenvalue weighted by Gasteiger charge is -2.22. The van der Waals surface area contributed by atoms with Gasteiger partial charge in [0.15, 0.2) is 0 Å². The van der Waals surface area contributed by atoms with Crippen LogP contribution in [0.2, 0.25) is 0 Å². The van der Waals surface area contributed by atoms with E-state index >= 15 is 0 Å². The summed E-state index contributed by atoms with van der Waals surface area (Å²) < 4.78 is 2.98. The largest absolute Gasteiger partial charge is 0.326 e. The molecule has 0 aromatic carbocycles. The Morgan fingerprint density at radius 2 is 2.06 bits per heavy atom. The Bertz CT molecular complexity index is 533. The Labute approximate surface area is 115 Å². The maximum absolute atomic E-state index is 6.11. The van der Waals surface area contributed by atoms with Crippen molar-refractivity contribution in [3.63, 3.8) is 0 Å². The molecule has 0 spiro atoms. The van der Waals surface area contributed by atoms with Gasteiger partial charge >= 0.3 is 0 Å². The van der Waals surface area contributed by atoms with E-state index in [4.69, 9.17) is 5.73 Å². The van der Waals surface area contributed by atoms with Crippen LogP contribution < -0.4 is 5.73 Å². The first kappa shape index (κ1) is 13.2. The standard InChI is InChI=1S/C13H17BrN4/c1-8(15)13(11-6-4-5-7-16-11)18-10(3)12(14)9(2)17-18/h4-8,13H,15H2,1-3H3. The molecule has 96 valence electrons. The van der Waals surface area contributed by atoms with Gasteiger partial charge in [-0.25, -0.2) is 0 Å². The van der Waals surface area contributed by atoms with E-state index in [-0.39, 0.29) is 12.1 Å². The fourth-order valence-electron chi connectivity index (χ4n) is 2.08. The monoisotopic (exact) mass is 308 g/mol. The summed E-state index contributed by atoms with van der Waals surface area (Å²) in [7, 11) is 0. The van der Waals surface area contributed by atoms with Gasteiger partial charge in [-0.1, -0.05) is 6.07 Å². The zero-order valence-electron chi connectivity index (χ0n) is 10.8. The minimum atomic E-state index is -0.0650. The van der Waals surface area contributed by atoms with Crippen molar-refractivity contribution >= 4 is 15.9 Å². The van der Waals surface area contributed by atoms with Crippen molar-refractivity contribution < 1.29 is 0 Å². The lowest BCUT2D eigenvalue weighted by Crippen LogP contribution is -2.32. The summed E-state index contributed by atoms with van der Waals surface area (Å²) in [4.78, 5) is 4.40. The Kier molecular flexibility index (Phi) is 3.82. The molecule has 2 atom stereocenters. The van der Waals surface area contributed by atoms with Crippen molar-refractivity contribution in [1.82, 2.24) is 14.8 Å². The molecule has 0 aliphatic heterocycles. The van der Waals surface area contributed by atoms with Gasteiger partial charge in [-0.3, -0.25) is 9.67 Å². The number of aromatic nitrogens is 3. The summed E-state index contributed by atoms with van der Waals surface area (Å²) in [6.45, 7) is 5.98. The maximum atomic E-state index is 6.11. The lowest BCUT2D eigenvalue weighted by atomic mass is 10.1. The molecule has 0 fully saturated rings. The van der Waals surface area contributed by atoms with Crippen molar-refractivity contribution in [3.05, 3.63) is 46.0 Å². The molecular weight excluding hydrogens is 292 g/mol. The summed E-state index contributed by atoms with van der Waals surface area (Å²) in [5, 5.41) is 4.56. The topological polar surface area (TPSA) is 56.7 Å². The maximum Gasteiger partial charge on any atom is 0.109 e. The van der Waals surface area contributed by atoms with E-state index in [9.17, 15) is 0 Å². The first-order chi connectivity index (χ1) is 8.52. The molecule has 4 nitrogen and oxygen atoms in total. The zero-order valence-corrected chi connectivity index (χ0v) is 12.3. The number of aryl methyl sites for hydroxylation is 1. The van der Waals surface area contributed by atoms with Crippen LogP contribution in [-0.2, 0) is 0 Å². The molecule has 2 heterocycles. The van der Waals surface area contributed by atoms with Crippen molar-refractivity contribution in [3.8, 4) is 0 Å². The van der Waals surface area contributed by atoms with Crippen LogP contribution in [0.5, 0.6) is 0 Å². The number of hydrogen-bond donors (Lipinski definition) is 1. The van der Waals surface area contributed by atoms with Gasteiger partial charge in [0, 0.05) is 12.2 Å². The normalized spacial score (nSPS) is 14.5. The molecule has 18 heavy (non-hydrogen) atoms. The highest BCUT2D eigenvalue weighted by Gasteiger charge is 2.23. The number of rotatable bonds is 3. The average molecular weight is 309 g/mol. The zero-order chi connectivity index (χ0) is 13.3. The molecule has 0 aliphatic rings. The molecule has 0 saturated carbocycles. The smallest absolute Gasteiger partial charge is 0.109 e. The second-order valence-corrected chi connectivity index (χ2v) is 5.28. The molecule has 2 unspecified atom stereocenters. The predicted octanol–water partition coefficient (Wildman–Crippen LogP) is 2.59. The van der Waals surface area contributed by atoms with E-state index in [1.165, 1.54) is 0 Å². The van der Waals surface area contributed by atoms with Gasteiger partial charge in [0.05, 0.1) is 21.6 Å². The van der Waals surface area contributed by atoms with Gasteiger partial charge in [0.1, 0.15) is 6.04 Å². The Morgan fingerprint density at radius 3 is 2.50 bits per heavy atom. The van der Waals surface area contributed by atoms with Crippen LogP contribution in [0.25, 0.3) is 0 Å². The van der Waals surface area contributed by atoms with Crippen LogP contribution >= 0.6 is 15.9 Å². The van der Waals surface area contributed by atoms with Gasteiger partial charge in [0.25, 0.3) is 0 Å². The van der Waals surface area contributed by atoms with E-state index in [1.54, 1.807) is 6.20 Å². The number of halogens is 1. The molecular formula is C13H17BrN4. The molecule has 2 N–H and O–H groups in total. The summed E-state index contributed by atoms with van der Waals surface area (Å²) in [6, 6.07) is 5.75. The molecule has 2 aromatic rings. The third-order valence-electron chi connectivity index (χ3n) is 2.99. The highest BCUT2D eigenvalue weighted by atomic mass is 79.9. The highest BCUT2D eigenvalue weighted by molar-refractivity contribution is 9.10. The van der Waals surface area contributed by atoms with Gasteiger partial charge in [-0.2, -0.15) is 5.10 Å². The molecule has 2 aromatic heterocycles. The number of nitrogens with zero attached hydrogens (tertiary/aromatic N) is 3. The van der Waals surface area contributed by atoms with Gasteiger partial charge in [-0.05, 0) is 48.8 Å². The van der Waals surface area contributed by atoms with E-state index in [1.807, 2.05) is 43.7 Å². The molecule has 0 aliphatic carbocycles. The van der Waals surface area contributed by atoms with Crippen LogP contribution in [0.4, 0.5) is 0 Å². The van der Waals surface area contributed by atoms with Crippen LogP contribution in [0, 0.1) is 13.8 Å². The summed E-state index contributed by atoms with van der Waals surface area (Å²) >= 11 is 3.55. The Morgan fingerprint density at radius 1 is 1.33 bits per heavy atom. The summed E-state index contributed by atoms with van der Waals surface area (Å²) in [5.74, 6) is 0. The van der Waals surface area contributed by atoms with Gasteiger partial charge in [-0.15, -0.1) is 0 Å². The van der Waals surface area contributed by atoms with Crippen molar-refractivity contribution in [2.75, 3.05) is 0 Å². The Balaban J connectivity index is 2.52. The minimum Gasteiger partial charge on any atom is -0.326 e. The third kappa shape index (κ3) is 2.33. The minimum absolute atomic E-state index is 0.0452. The van der Waals surface area contributed by atoms with Crippen LogP contribution in [0.1, 0.15) is 30.0 Å². The molecule has 0 bridgehead atoms. The lowest BCUT2D eigenvalue weighted by molar-refractivity contribution is 0.434. The van der Waals surface area contributed by atoms with Crippen molar-refractivity contribution in [2.24, 2.45) is 5.73 Å². The third-order valence-corrected chi connectivity index (χ3v) is 4.14. The van der Waals surface area contributed by atoms with Crippen LogP contribution in [-0.4, -0.2) is 20.8 Å². The average Bonchev–Trinajstić information content (AvgIpc) is 2.59. The SMILES string of the molecule is Cc1nn(C(c2ccccn2)C(C)N)c(C)c1Br. The van der Waals surface area contributed by atoms with E-state index in [0.29, 0.717) is 0 Å². The first-order valence-corrected chi connectivity index (χ1v) is 6.69. The van der Waals surface area contributed by atoms with Crippen molar-refractivity contribution in [2.45, 2.75) is 32.9 Å².